The van der Waals surface area contributed by atoms with Crippen LogP contribution in [0.1, 0.15) is 38.3 Å². The van der Waals surface area contributed by atoms with E-state index >= 15 is 0 Å². The zero-order valence-corrected chi connectivity index (χ0v) is 22.8. The summed E-state index contributed by atoms with van der Waals surface area (Å²) in [6.07, 6.45) is 0.795. The summed E-state index contributed by atoms with van der Waals surface area (Å²) < 4.78 is 22.6. The number of anilines is 1. The summed E-state index contributed by atoms with van der Waals surface area (Å²) >= 11 is 0. The molecule has 0 aliphatic carbocycles. The number of carbonyl (C=O) groups is 1. The van der Waals surface area contributed by atoms with Gasteiger partial charge in [-0.05, 0) is 45.4 Å². The topological polar surface area (TPSA) is 147 Å². The molecule has 0 aliphatic heterocycles. The van der Waals surface area contributed by atoms with Gasteiger partial charge in [-0.15, -0.1) is 0 Å². The predicted octanol–water partition coefficient (Wildman–Crippen LogP) is 1.96. The lowest BCUT2D eigenvalue weighted by Gasteiger charge is -2.19. The minimum absolute atomic E-state index is 0.0389. The number of hydrogen-bond acceptors (Lipinski definition) is 10. The van der Waals surface area contributed by atoms with Crippen molar-refractivity contribution < 1.29 is 23.7 Å². The van der Waals surface area contributed by atoms with Crippen molar-refractivity contribution in [1.29, 1.82) is 0 Å². The van der Waals surface area contributed by atoms with Crippen molar-refractivity contribution >= 4 is 23.0 Å². The number of nitrogens with two attached hydrogens (primary N) is 1. The fourth-order valence-electron chi connectivity index (χ4n) is 3.74. The fourth-order valence-corrected chi connectivity index (χ4v) is 3.74. The Bertz CT molecular complexity index is 1250. The SMILES string of the molecule is COCCOc1nc(N)c2[nH]c(=O)n(Cc3ccc(CN(C)CCCOCC(=O)OC(C)(C)C)cc3)c2n1. The lowest BCUT2D eigenvalue weighted by Crippen LogP contribution is -2.27. The van der Waals surface area contributed by atoms with Crippen molar-refractivity contribution in [3.05, 3.63) is 45.9 Å². The van der Waals surface area contributed by atoms with Gasteiger partial charge in [-0.3, -0.25) is 4.57 Å². The summed E-state index contributed by atoms with van der Waals surface area (Å²) in [6, 6.07) is 8.13. The first-order valence-electron chi connectivity index (χ1n) is 12.5. The highest BCUT2D eigenvalue weighted by Gasteiger charge is 2.17. The van der Waals surface area contributed by atoms with Crippen molar-refractivity contribution in [2.45, 2.75) is 45.9 Å². The van der Waals surface area contributed by atoms with Gasteiger partial charge in [-0.25, -0.2) is 9.59 Å². The molecule has 3 rings (SSSR count). The summed E-state index contributed by atoms with van der Waals surface area (Å²) in [6.45, 7) is 8.47. The number of esters is 1. The Balaban J connectivity index is 1.51. The number of ether oxygens (including phenoxy) is 4. The van der Waals surface area contributed by atoms with E-state index in [9.17, 15) is 9.59 Å². The molecule has 0 radical (unpaired) electrons. The number of benzene rings is 1. The van der Waals surface area contributed by atoms with Crippen LogP contribution in [0.15, 0.2) is 29.1 Å². The number of fused-ring (bicyclic) bond motifs is 1. The Hall–Kier alpha value is -3.48. The molecule has 2 aromatic heterocycles. The third-order valence-electron chi connectivity index (χ3n) is 5.43. The highest BCUT2D eigenvalue weighted by molar-refractivity contribution is 5.81. The van der Waals surface area contributed by atoms with Crippen LogP contribution in [0.5, 0.6) is 6.01 Å². The molecular weight excluding hydrogens is 492 g/mol. The number of nitrogens with one attached hydrogen (secondary N) is 1. The van der Waals surface area contributed by atoms with Crippen LogP contribution in [0.2, 0.25) is 0 Å². The third kappa shape index (κ3) is 8.82. The van der Waals surface area contributed by atoms with Gasteiger partial charge in [0.1, 0.15) is 24.3 Å². The smallest absolute Gasteiger partial charge is 0.332 e. The van der Waals surface area contributed by atoms with Gasteiger partial charge >= 0.3 is 17.7 Å². The second-order valence-electron chi connectivity index (χ2n) is 9.99. The first-order chi connectivity index (χ1) is 18.1. The molecule has 12 nitrogen and oxygen atoms in total. The highest BCUT2D eigenvalue weighted by atomic mass is 16.6. The number of carbonyl (C=O) groups excluding carboxylic acids is 1. The second-order valence-corrected chi connectivity index (χ2v) is 9.99. The van der Waals surface area contributed by atoms with Crippen molar-refractivity contribution in [3.8, 4) is 6.01 Å². The molecule has 2 heterocycles. The van der Waals surface area contributed by atoms with Gasteiger partial charge in [0.2, 0.25) is 0 Å². The first kappa shape index (κ1) is 29.1. The number of aromatic amines is 1. The van der Waals surface area contributed by atoms with Crippen LogP contribution in [0, 0.1) is 0 Å². The number of nitrogens with zero attached hydrogens (tertiary/aromatic N) is 4. The molecule has 0 atom stereocenters. The Morgan fingerprint density at radius 1 is 1.11 bits per heavy atom. The monoisotopic (exact) mass is 530 g/mol. The first-order valence-corrected chi connectivity index (χ1v) is 12.5. The molecule has 0 unspecified atom stereocenters. The average molecular weight is 531 g/mol. The largest absolute Gasteiger partial charge is 0.461 e. The molecule has 0 saturated heterocycles. The summed E-state index contributed by atoms with van der Waals surface area (Å²) in [4.78, 5) is 37.7. The summed E-state index contributed by atoms with van der Waals surface area (Å²) in [5.74, 6) is -0.209. The van der Waals surface area contributed by atoms with Crippen LogP contribution in [0.25, 0.3) is 11.2 Å². The van der Waals surface area contributed by atoms with Crippen LogP contribution in [0.3, 0.4) is 0 Å². The molecule has 0 fully saturated rings. The van der Waals surface area contributed by atoms with E-state index in [0.717, 1.165) is 30.6 Å². The van der Waals surface area contributed by atoms with Crippen LogP contribution in [-0.4, -0.2) is 83.1 Å². The number of hydrogen-bond donors (Lipinski definition) is 2. The standard InChI is InChI=1S/C26H38N6O6/c1-26(2,3)38-20(33)17-36-12-6-11-31(4)15-18-7-9-19(10-8-18)16-32-23-21(28-25(32)34)22(27)29-24(30-23)37-14-13-35-5/h7-10H,6,11-17H2,1-5H3,(H,28,34)(H2,27,29,30). The number of aromatic nitrogens is 4. The molecule has 0 bridgehead atoms. The molecule has 12 heteroatoms. The number of methoxy groups -OCH3 is 1. The van der Waals surface area contributed by atoms with Crippen molar-refractivity contribution in [2.24, 2.45) is 0 Å². The van der Waals surface area contributed by atoms with Gasteiger partial charge in [0.25, 0.3) is 0 Å². The summed E-state index contributed by atoms with van der Waals surface area (Å²) in [5, 5.41) is 0. The molecule has 208 valence electrons. The van der Waals surface area contributed by atoms with Crippen LogP contribution >= 0.6 is 0 Å². The molecule has 0 aliphatic rings. The molecule has 3 aromatic rings. The maximum Gasteiger partial charge on any atom is 0.332 e. The van der Waals surface area contributed by atoms with E-state index < -0.39 is 5.60 Å². The second kappa shape index (κ2) is 13.4. The van der Waals surface area contributed by atoms with Gasteiger partial charge in [0, 0.05) is 26.8 Å². The van der Waals surface area contributed by atoms with E-state index in [1.54, 1.807) is 7.11 Å². The maximum atomic E-state index is 12.6. The summed E-state index contributed by atoms with van der Waals surface area (Å²) in [7, 11) is 3.60. The van der Waals surface area contributed by atoms with E-state index in [4.69, 9.17) is 24.7 Å². The lowest BCUT2D eigenvalue weighted by molar-refractivity contribution is -0.160. The number of rotatable bonds is 14. The molecule has 1 aromatic carbocycles. The molecular formula is C26H38N6O6. The van der Waals surface area contributed by atoms with Gasteiger partial charge < -0.3 is 34.6 Å². The molecule has 38 heavy (non-hydrogen) atoms. The Morgan fingerprint density at radius 3 is 2.50 bits per heavy atom. The van der Waals surface area contributed by atoms with Gasteiger partial charge in [-0.2, -0.15) is 9.97 Å². The minimum Gasteiger partial charge on any atom is -0.461 e. The molecule has 3 N–H and O–H groups in total. The quantitative estimate of drug-likeness (QED) is 0.234. The predicted molar refractivity (Wildman–Crippen MR) is 143 cm³/mol. The number of H-pyrrole nitrogens is 1. The van der Waals surface area contributed by atoms with Gasteiger partial charge in [0.05, 0.1) is 13.2 Å². The van der Waals surface area contributed by atoms with E-state index in [1.165, 1.54) is 4.57 Å². The maximum absolute atomic E-state index is 12.6. The molecule has 0 saturated carbocycles. The van der Waals surface area contributed by atoms with Crippen molar-refractivity contribution in [1.82, 2.24) is 24.4 Å². The molecule has 0 amide bonds. The fraction of sp³-hybridized carbons (Fsp3) is 0.538. The van der Waals surface area contributed by atoms with Gasteiger partial charge in [-0.1, -0.05) is 24.3 Å². The Labute approximate surface area is 222 Å². The van der Waals surface area contributed by atoms with E-state index in [1.807, 2.05) is 52.1 Å². The average Bonchev–Trinajstić information content (AvgIpc) is 3.15. The van der Waals surface area contributed by atoms with Gasteiger partial charge in [0.15, 0.2) is 11.5 Å². The van der Waals surface area contributed by atoms with Crippen LogP contribution in [0.4, 0.5) is 5.82 Å². The van der Waals surface area contributed by atoms with Crippen molar-refractivity contribution in [3.63, 3.8) is 0 Å². The highest BCUT2D eigenvalue weighted by Crippen LogP contribution is 2.19. The van der Waals surface area contributed by atoms with Crippen LogP contribution < -0.4 is 16.2 Å². The third-order valence-corrected chi connectivity index (χ3v) is 5.43. The van der Waals surface area contributed by atoms with E-state index in [0.29, 0.717) is 30.9 Å². The lowest BCUT2D eigenvalue weighted by atomic mass is 10.1. The normalized spacial score (nSPS) is 11.8. The minimum atomic E-state index is -0.507. The zero-order valence-electron chi connectivity index (χ0n) is 22.8. The zero-order chi connectivity index (χ0) is 27.7. The Kier molecular flexibility index (Phi) is 10.2. The Morgan fingerprint density at radius 2 is 1.82 bits per heavy atom. The summed E-state index contributed by atoms with van der Waals surface area (Å²) in [5.41, 5.74) is 8.01. The number of imidazole rings is 1. The van der Waals surface area contributed by atoms with E-state index in [-0.39, 0.29) is 36.7 Å². The number of nitrogen functional groups attached to an aromatic ring is 1. The molecule has 0 spiro atoms. The van der Waals surface area contributed by atoms with Crippen molar-refractivity contribution in [2.75, 3.05) is 52.9 Å². The van der Waals surface area contributed by atoms with E-state index in [2.05, 4.69) is 19.9 Å². The van der Waals surface area contributed by atoms with Crippen LogP contribution in [-0.2, 0) is 32.1 Å².